The van der Waals surface area contributed by atoms with Crippen LogP contribution in [0.2, 0.25) is 0 Å². The van der Waals surface area contributed by atoms with Crippen LogP contribution in [-0.2, 0) is 0 Å². The van der Waals surface area contributed by atoms with Crippen LogP contribution in [0.1, 0.15) is 11.5 Å². The summed E-state index contributed by atoms with van der Waals surface area (Å²) < 4.78 is 8.85. The molecule has 2 atom stereocenters. The van der Waals surface area contributed by atoms with Crippen LogP contribution in [0.25, 0.3) is 60.6 Å². The molecule has 3 nitrogen and oxygen atoms in total. The zero-order valence-corrected chi connectivity index (χ0v) is 24.5. The molecule has 0 fully saturated rings. The Morgan fingerprint density at radius 3 is 2.18 bits per heavy atom. The second-order valence-corrected chi connectivity index (χ2v) is 12.1. The SMILES string of the molecule is C1=CC2c3cc(-c4ccc5c(c4)c4ccccc4n5-c4cccc5c4oc4ccccc45)ccc3N(c3ccccc3)C2C=C1. The normalized spacial score (nSPS) is 17.1. The van der Waals surface area contributed by atoms with Gasteiger partial charge in [0.1, 0.15) is 5.58 Å². The molecule has 45 heavy (non-hydrogen) atoms. The molecular formula is C42H28N2O. The fourth-order valence-electron chi connectivity index (χ4n) is 7.73. The zero-order valence-electron chi connectivity index (χ0n) is 24.5. The maximum Gasteiger partial charge on any atom is 0.159 e. The molecule has 0 saturated carbocycles. The third-order valence-corrected chi connectivity index (χ3v) is 9.71. The Morgan fingerprint density at radius 2 is 1.24 bits per heavy atom. The Balaban J connectivity index is 1.15. The molecule has 6 aromatic carbocycles. The Morgan fingerprint density at radius 1 is 0.511 bits per heavy atom. The van der Waals surface area contributed by atoms with Gasteiger partial charge >= 0.3 is 0 Å². The number of benzene rings is 6. The lowest BCUT2D eigenvalue weighted by Crippen LogP contribution is -2.28. The number of allylic oxidation sites excluding steroid dienone is 2. The zero-order chi connectivity index (χ0) is 29.5. The molecule has 0 N–H and O–H groups in total. The molecule has 0 saturated heterocycles. The van der Waals surface area contributed by atoms with E-state index in [4.69, 9.17) is 4.42 Å². The Labute approximate surface area is 260 Å². The maximum absolute atomic E-state index is 6.49. The van der Waals surface area contributed by atoms with E-state index in [2.05, 4.69) is 161 Å². The van der Waals surface area contributed by atoms with Gasteiger partial charge in [0.15, 0.2) is 5.58 Å². The Bertz CT molecular complexity index is 2510. The molecule has 0 spiro atoms. The average Bonchev–Trinajstić information content (AvgIpc) is 3.76. The largest absolute Gasteiger partial charge is 0.454 e. The highest BCUT2D eigenvalue weighted by Crippen LogP contribution is 2.49. The van der Waals surface area contributed by atoms with Gasteiger partial charge in [-0.15, -0.1) is 0 Å². The number of aromatic nitrogens is 1. The summed E-state index contributed by atoms with van der Waals surface area (Å²) in [6.45, 7) is 0. The molecule has 2 unspecified atom stereocenters. The van der Waals surface area contributed by atoms with Gasteiger partial charge in [0, 0.05) is 38.8 Å². The fraction of sp³-hybridized carbons (Fsp3) is 0.0476. The topological polar surface area (TPSA) is 21.3 Å². The van der Waals surface area contributed by atoms with Gasteiger partial charge in [0.2, 0.25) is 0 Å². The van der Waals surface area contributed by atoms with Gasteiger partial charge in [-0.25, -0.2) is 0 Å². The predicted octanol–water partition coefficient (Wildman–Crippen LogP) is 11.1. The van der Waals surface area contributed by atoms with Gasteiger partial charge in [-0.2, -0.15) is 0 Å². The quantitative estimate of drug-likeness (QED) is 0.209. The molecular weight excluding hydrogens is 548 g/mol. The minimum Gasteiger partial charge on any atom is -0.454 e. The minimum absolute atomic E-state index is 0.282. The van der Waals surface area contributed by atoms with Gasteiger partial charge in [-0.05, 0) is 71.3 Å². The number of anilines is 2. The third kappa shape index (κ3) is 3.52. The van der Waals surface area contributed by atoms with Crippen LogP contribution in [0.3, 0.4) is 0 Å². The lowest BCUT2D eigenvalue weighted by Gasteiger charge is -2.28. The first-order valence-corrected chi connectivity index (χ1v) is 15.6. The predicted molar refractivity (Wildman–Crippen MR) is 187 cm³/mol. The van der Waals surface area contributed by atoms with Crippen LogP contribution in [0.5, 0.6) is 0 Å². The van der Waals surface area contributed by atoms with E-state index in [-0.39, 0.29) is 6.04 Å². The number of fused-ring (bicyclic) bond motifs is 9. The molecule has 2 aromatic heterocycles. The van der Waals surface area contributed by atoms with Crippen molar-refractivity contribution in [3.8, 4) is 16.8 Å². The summed E-state index contributed by atoms with van der Waals surface area (Å²) in [6, 6.07) is 48.4. The van der Waals surface area contributed by atoms with E-state index in [1.54, 1.807) is 0 Å². The van der Waals surface area contributed by atoms with Crippen molar-refractivity contribution in [2.75, 3.05) is 4.90 Å². The van der Waals surface area contributed by atoms with Gasteiger partial charge in [-0.3, -0.25) is 0 Å². The van der Waals surface area contributed by atoms with Crippen LogP contribution in [0.15, 0.2) is 162 Å². The average molecular weight is 577 g/mol. The highest BCUT2D eigenvalue weighted by atomic mass is 16.3. The van der Waals surface area contributed by atoms with Crippen molar-refractivity contribution in [2.24, 2.45) is 0 Å². The van der Waals surface area contributed by atoms with E-state index < -0.39 is 0 Å². The second kappa shape index (κ2) is 9.35. The maximum atomic E-state index is 6.49. The lowest BCUT2D eigenvalue weighted by molar-refractivity contribution is 0.666. The molecule has 8 aromatic rings. The highest BCUT2D eigenvalue weighted by Gasteiger charge is 2.37. The molecule has 1 aliphatic heterocycles. The van der Waals surface area contributed by atoms with Crippen LogP contribution in [-0.4, -0.2) is 10.6 Å². The fourth-order valence-corrected chi connectivity index (χ4v) is 7.73. The third-order valence-electron chi connectivity index (χ3n) is 9.71. The van der Waals surface area contributed by atoms with Crippen molar-refractivity contribution in [2.45, 2.75) is 12.0 Å². The minimum atomic E-state index is 0.282. The number of hydrogen-bond donors (Lipinski definition) is 0. The smallest absolute Gasteiger partial charge is 0.159 e. The van der Waals surface area contributed by atoms with Gasteiger partial charge in [0.05, 0.1) is 22.8 Å². The summed E-state index contributed by atoms with van der Waals surface area (Å²) in [6.07, 6.45) is 9.06. The molecule has 3 heteroatoms. The first-order valence-electron chi connectivity index (χ1n) is 15.6. The number of nitrogens with zero attached hydrogens (tertiary/aromatic N) is 2. The van der Waals surface area contributed by atoms with Gasteiger partial charge in [-0.1, -0.05) is 103 Å². The van der Waals surface area contributed by atoms with Crippen molar-refractivity contribution < 1.29 is 4.42 Å². The molecule has 1 aliphatic carbocycles. The number of rotatable bonds is 3. The van der Waals surface area contributed by atoms with Crippen LogP contribution < -0.4 is 4.90 Å². The summed E-state index contributed by atoms with van der Waals surface area (Å²) in [7, 11) is 0. The standard InChI is InChI=1S/C42H28N2O/c1-2-11-29(12-3-1)43-36-17-7-4-13-30(36)34-25-27(21-23-38(34)43)28-22-24-39-35(26-28)31-14-5-8-18-37(31)44(39)40-19-10-16-33-32-15-6-9-20-41(32)45-42(33)40/h1-26,30,36H. The summed E-state index contributed by atoms with van der Waals surface area (Å²) in [5, 5.41) is 4.75. The van der Waals surface area contributed by atoms with Crippen LogP contribution in [0.4, 0.5) is 11.4 Å². The van der Waals surface area contributed by atoms with Crippen LogP contribution in [0, 0.1) is 0 Å². The Kier molecular flexibility index (Phi) is 5.11. The molecule has 3 heterocycles. The van der Waals surface area contributed by atoms with E-state index >= 15 is 0 Å². The van der Waals surface area contributed by atoms with Crippen molar-refractivity contribution in [1.29, 1.82) is 0 Å². The van der Waals surface area contributed by atoms with Gasteiger partial charge < -0.3 is 13.9 Å². The van der Waals surface area contributed by atoms with E-state index in [1.807, 2.05) is 6.07 Å². The molecule has 0 amide bonds. The van der Waals surface area contributed by atoms with E-state index in [1.165, 1.54) is 49.9 Å². The first-order chi connectivity index (χ1) is 22.3. The molecule has 2 aliphatic rings. The van der Waals surface area contributed by atoms with E-state index in [9.17, 15) is 0 Å². The summed E-state index contributed by atoms with van der Waals surface area (Å²) in [4.78, 5) is 2.49. The summed E-state index contributed by atoms with van der Waals surface area (Å²) in [5.74, 6) is 0.320. The van der Waals surface area contributed by atoms with Gasteiger partial charge in [0.25, 0.3) is 0 Å². The van der Waals surface area contributed by atoms with E-state index in [0.29, 0.717) is 5.92 Å². The molecule has 212 valence electrons. The molecule has 0 bridgehead atoms. The number of para-hydroxylation sites is 4. The second-order valence-electron chi connectivity index (χ2n) is 12.1. The highest BCUT2D eigenvalue weighted by molar-refractivity contribution is 6.13. The van der Waals surface area contributed by atoms with Crippen molar-refractivity contribution in [1.82, 2.24) is 4.57 Å². The lowest BCUT2D eigenvalue weighted by atomic mass is 9.89. The monoisotopic (exact) mass is 576 g/mol. The van der Waals surface area contributed by atoms with Crippen molar-refractivity contribution >= 4 is 55.1 Å². The number of hydrogen-bond acceptors (Lipinski definition) is 2. The Hall–Kier alpha value is -5.80. The first kappa shape index (κ1) is 24.6. The molecule has 10 rings (SSSR count). The molecule has 0 radical (unpaired) electrons. The summed E-state index contributed by atoms with van der Waals surface area (Å²) >= 11 is 0. The number of furan rings is 1. The van der Waals surface area contributed by atoms with E-state index in [0.717, 1.165) is 27.6 Å². The van der Waals surface area contributed by atoms with Crippen molar-refractivity contribution in [3.05, 3.63) is 163 Å². The summed E-state index contributed by atoms with van der Waals surface area (Å²) in [5.41, 5.74) is 11.6. The van der Waals surface area contributed by atoms with Crippen LogP contribution >= 0.6 is 0 Å². The van der Waals surface area contributed by atoms with Crippen molar-refractivity contribution in [3.63, 3.8) is 0 Å².